The largest absolute Gasteiger partial charge is 0.278 e. The van der Waals surface area contributed by atoms with Crippen LogP contribution in [0.5, 0.6) is 0 Å². The van der Waals surface area contributed by atoms with Crippen molar-refractivity contribution in [2.45, 2.75) is 72.1 Å². The molecule has 3 aromatic rings. The van der Waals surface area contributed by atoms with E-state index in [1.165, 1.54) is 19.2 Å². The molecule has 24 heavy (non-hydrogen) atoms. The van der Waals surface area contributed by atoms with Crippen LogP contribution in [0.2, 0.25) is 0 Å². The normalized spacial score (nSPS) is 13.3. The third kappa shape index (κ3) is 2.55. The number of thiophene rings is 2. The van der Waals surface area contributed by atoms with E-state index in [4.69, 9.17) is 0 Å². The van der Waals surface area contributed by atoms with Crippen molar-refractivity contribution in [1.29, 1.82) is 0 Å². The first kappa shape index (κ1) is 17.7. The predicted octanol–water partition coefficient (Wildman–Crippen LogP) is 6.95. The summed E-state index contributed by atoms with van der Waals surface area (Å²) in [5.41, 5.74) is 2.48. The van der Waals surface area contributed by atoms with Crippen molar-refractivity contribution in [2.75, 3.05) is 0 Å². The first-order valence-electron chi connectivity index (χ1n) is 8.72. The summed E-state index contributed by atoms with van der Waals surface area (Å²) < 4.78 is 4.47. The summed E-state index contributed by atoms with van der Waals surface area (Å²) in [6.45, 7) is 15.3. The van der Waals surface area contributed by atoms with Gasteiger partial charge in [0.25, 0.3) is 0 Å². The zero-order valence-corrected chi connectivity index (χ0v) is 17.4. The molecule has 0 aromatic carbocycles. The second-order valence-electron chi connectivity index (χ2n) is 7.98. The van der Waals surface area contributed by atoms with Crippen molar-refractivity contribution < 1.29 is 4.79 Å². The van der Waals surface area contributed by atoms with Gasteiger partial charge in [-0.05, 0) is 35.8 Å². The van der Waals surface area contributed by atoms with Gasteiger partial charge in [-0.25, -0.2) is 0 Å². The summed E-state index contributed by atoms with van der Waals surface area (Å²) in [6, 6.07) is 4.48. The number of hydrogen-bond acceptors (Lipinski definition) is 3. The first-order valence-corrected chi connectivity index (χ1v) is 10.4. The maximum absolute atomic E-state index is 12.4. The molecule has 0 bridgehead atoms. The van der Waals surface area contributed by atoms with Crippen LogP contribution >= 0.6 is 22.7 Å². The predicted molar refractivity (Wildman–Crippen MR) is 108 cm³/mol. The van der Waals surface area contributed by atoms with Gasteiger partial charge in [0.1, 0.15) is 0 Å². The molecule has 0 aliphatic rings. The molecule has 0 saturated carbocycles. The summed E-state index contributed by atoms with van der Waals surface area (Å²) in [5.74, 6) is 0.104. The SMILES string of the molecule is CCC(C)(C)c1cc2c(s1)c1sc(C(C)(C)CC)cc1n2C(C)=O. The highest BCUT2D eigenvalue weighted by molar-refractivity contribution is 7.27. The van der Waals surface area contributed by atoms with E-state index in [1.807, 2.05) is 27.2 Å². The van der Waals surface area contributed by atoms with Crippen LogP contribution in [-0.2, 0) is 10.8 Å². The van der Waals surface area contributed by atoms with Gasteiger partial charge in [-0.3, -0.25) is 9.36 Å². The Kier molecular flexibility index (Phi) is 4.20. The molecule has 0 aliphatic heterocycles. The van der Waals surface area contributed by atoms with E-state index in [9.17, 15) is 4.79 Å². The Morgan fingerprint density at radius 1 is 0.917 bits per heavy atom. The van der Waals surface area contributed by atoms with Crippen molar-refractivity contribution in [3.8, 4) is 0 Å². The molecule has 3 heterocycles. The maximum atomic E-state index is 12.4. The number of nitrogens with zero attached hydrogens (tertiary/aromatic N) is 1. The van der Waals surface area contributed by atoms with Crippen LogP contribution in [0.3, 0.4) is 0 Å². The molecule has 3 aromatic heterocycles. The van der Waals surface area contributed by atoms with Crippen LogP contribution in [0, 0.1) is 0 Å². The number of carbonyl (C=O) groups is 1. The lowest BCUT2D eigenvalue weighted by atomic mass is 9.88. The van der Waals surface area contributed by atoms with Crippen LogP contribution < -0.4 is 0 Å². The van der Waals surface area contributed by atoms with Crippen molar-refractivity contribution in [3.05, 3.63) is 21.9 Å². The fraction of sp³-hybridized carbons (Fsp3) is 0.550. The Balaban J connectivity index is 2.33. The number of carbonyl (C=O) groups excluding carboxylic acids is 1. The Morgan fingerprint density at radius 3 is 1.58 bits per heavy atom. The third-order valence-corrected chi connectivity index (χ3v) is 8.67. The van der Waals surface area contributed by atoms with Crippen molar-refractivity contribution in [1.82, 2.24) is 4.57 Å². The lowest BCUT2D eigenvalue weighted by Gasteiger charge is -2.20. The monoisotopic (exact) mass is 361 g/mol. The minimum absolute atomic E-state index is 0.104. The second-order valence-corrected chi connectivity index (χ2v) is 10.1. The van der Waals surface area contributed by atoms with Gasteiger partial charge in [-0.1, -0.05) is 41.5 Å². The summed E-state index contributed by atoms with van der Waals surface area (Å²) in [6.07, 6.45) is 2.19. The van der Waals surface area contributed by atoms with Gasteiger partial charge >= 0.3 is 0 Å². The van der Waals surface area contributed by atoms with E-state index < -0.39 is 0 Å². The number of fused-ring (bicyclic) bond motifs is 3. The van der Waals surface area contributed by atoms with Crippen molar-refractivity contribution in [3.63, 3.8) is 0 Å². The Hall–Kier alpha value is -1.13. The molecule has 3 rings (SSSR count). The molecule has 0 unspecified atom stereocenters. The van der Waals surface area contributed by atoms with E-state index in [1.54, 1.807) is 6.92 Å². The topological polar surface area (TPSA) is 22.0 Å². The average molecular weight is 362 g/mol. The highest BCUT2D eigenvalue weighted by atomic mass is 32.1. The Morgan fingerprint density at radius 2 is 1.29 bits per heavy atom. The Bertz CT molecular complexity index is 853. The summed E-state index contributed by atoms with van der Waals surface area (Å²) in [5, 5.41) is 0. The zero-order valence-electron chi connectivity index (χ0n) is 15.7. The standard InChI is InChI=1S/C20H27NOS2/c1-8-19(4,5)15-10-13-17(23-15)18-14(21(13)12(3)22)11-16(24-18)20(6,7)9-2/h10-11H,8-9H2,1-7H3. The van der Waals surface area contributed by atoms with Crippen LogP contribution in [0.1, 0.15) is 75.9 Å². The van der Waals surface area contributed by atoms with Crippen LogP contribution in [0.15, 0.2) is 12.1 Å². The van der Waals surface area contributed by atoms with Gasteiger partial charge in [0.2, 0.25) is 5.91 Å². The minimum atomic E-state index is 0.104. The number of aromatic nitrogens is 1. The quantitative estimate of drug-likeness (QED) is 0.492. The summed E-state index contributed by atoms with van der Waals surface area (Å²) in [4.78, 5) is 15.1. The highest BCUT2D eigenvalue weighted by Crippen LogP contribution is 2.46. The molecule has 4 heteroatoms. The lowest BCUT2D eigenvalue weighted by Crippen LogP contribution is -2.13. The molecular weight excluding hydrogens is 334 g/mol. The molecule has 0 spiro atoms. The molecule has 130 valence electrons. The molecule has 0 amide bonds. The van der Waals surface area contributed by atoms with E-state index in [0.717, 1.165) is 23.9 Å². The van der Waals surface area contributed by atoms with Crippen LogP contribution in [0.4, 0.5) is 0 Å². The Labute approximate surface area is 152 Å². The number of hydrogen-bond donors (Lipinski definition) is 0. The van der Waals surface area contributed by atoms with E-state index >= 15 is 0 Å². The van der Waals surface area contributed by atoms with Crippen molar-refractivity contribution in [2.24, 2.45) is 0 Å². The molecule has 0 radical (unpaired) electrons. The molecule has 2 nitrogen and oxygen atoms in total. The van der Waals surface area contributed by atoms with Crippen LogP contribution in [-0.4, -0.2) is 10.5 Å². The van der Waals surface area contributed by atoms with E-state index in [0.29, 0.717) is 0 Å². The molecule has 0 N–H and O–H groups in total. The first-order chi connectivity index (χ1) is 11.1. The van der Waals surface area contributed by atoms with Gasteiger partial charge in [-0.2, -0.15) is 0 Å². The van der Waals surface area contributed by atoms with Gasteiger partial charge in [0.15, 0.2) is 0 Å². The van der Waals surface area contributed by atoms with E-state index in [2.05, 4.69) is 53.7 Å². The summed E-state index contributed by atoms with van der Waals surface area (Å²) in [7, 11) is 0. The van der Waals surface area contributed by atoms with Gasteiger partial charge in [-0.15, -0.1) is 22.7 Å². The molecule has 0 atom stereocenters. The van der Waals surface area contributed by atoms with Crippen LogP contribution in [0.25, 0.3) is 20.4 Å². The maximum Gasteiger partial charge on any atom is 0.228 e. The molecular formula is C20H27NOS2. The lowest BCUT2D eigenvalue weighted by molar-refractivity contribution is 0.0946. The fourth-order valence-corrected chi connectivity index (χ4v) is 5.68. The molecule has 0 aliphatic carbocycles. The van der Waals surface area contributed by atoms with Crippen molar-refractivity contribution >= 4 is 49.0 Å². The average Bonchev–Trinajstić information content (AvgIpc) is 3.16. The second kappa shape index (κ2) is 5.70. The van der Waals surface area contributed by atoms with Gasteiger partial charge in [0, 0.05) is 16.7 Å². The zero-order chi connectivity index (χ0) is 17.9. The smallest absolute Gasteiger partial charge is 0.228 e. The van der Waals surface area contributed by atoms with Gasteiger partial charge < -0.3 is 0 Å². The molecule has 0 saturated heterocycles. The summed E-state index contributed by atoms with van der Waals surface area (Å²) >= 11 is 3.73. The molecule has 0 fully saturated rings. The highest BCUT2D eigenvalue weighted by Gasteiger charge is 2.28. The van der Waals surface area contributed by atoms with Gasteiger partial charge in [0.05, 0.1) is 20.4 Å². The van der Waals surface area contributed by atoms with E-state index in [-0.39, 0.29) is 16.7 Å². The third-order valence-electron chi connectivity index (χ3n) is 5.53. The fourth-order valence-electron chi connectivity index (χ4n) is 2.90. The number of rotatable bonds is 4. The minimum Gasteiger partial charge on any atom is -0.278 e.